The number of rotatable bonds is 5. The van der Waals surface area contributed by atoms with Crippen LogP contribution in [0.25, 0.3) is 0 Å². The fraction of sp³-hybridized carbons (Fsp3) is 0.650. The Bertz CT molecular complexity index is 614. The third-order valence-electron chi connectivity index (χ3n) is 5.65. The summed E-state index contributed by atoms with van der Waals surface area (Å²) < 4.78 is 14.7. The van der Waals surface area contributed by atoms with Gasteiger partial charge in [-0.25, -0.2) is 4.39 Å². The van der Waals surface area contributed by atoms with Gasteiger partial charge in [0.05, 0.1) is 5.69 Å². The molecule has 2 aliphatic rings. The van der Waals surface area contributed by atoms with Crippen molar-refractivity contribution < 1.29 is 9.18 Å². The monoisotopic (exact) mass is 362 g/mol. The molecule has 26 heavy (non-hydrogen) atoms. The highest BCUT2D eigenvalue weighted by atomic mass is 19.1. The topological polar surface area (TPSA) is 38.8 Å². The summed E-state index contributed by atoms with van der Waals surface area (Å²) in [5.41, 5.74) is 1.08. The molecule has 144 valence electrons. The predicted molar refractivity (Wildman–Crippen MR) is 103 cm³/mol. The summed E-state index contributed by atoms with van der Waals surface area (Å²) >= 11 is 0. The van der Waals surface area contributed by atoms with Gasteiger partial charge in [-0.1, -0.05) is 6.92 Å². The van der Waals surface area contributed by atoms with Gasteiger partial charge in [0.2, 0.25) is 0 Å². The van der Waals surface area contributed by atoms with Gasteiger partial charge in [-0.3, -0.25) is 4.79 Å². The molecule has 1 N–H and O–H groups in total. The van der Waals surface area contributed by atoms with E-state index in [0.29, 0.717) is 17.2 Å². The number of hydrogen-bond acceptors (Lipinski definition) is 4. The van der Waals surface area contributed by atoms with E-state index in [-0.39, 0.29) is 11.7 Å². The average molecular weight is 362 g/mol. The summed E-state index contributed by atoms with van der Waals surface area (Å²) in [6.07, 6.45) is 2.15. The fourth-order valence-electron chi connectivity index (χ4n) is 4.09. The van der Waals surface area contributed by atoms with Gasteiger partial charge in [0, 0.05) is 44.8 Å². The van der Waals surface area contributed by atoms with Gasteiger partial charge in [-0.05, 0) is 57.1 Å². The van der Waals surface area contributed by atoms with Crippen LogP contribution in [0.1, 0.15) is 30.1 Å². The van der Waals surface area contributed by atoms with E-state index in [2.05, 4.69) is 22.0 Å². The van der Waals surface area contributed by atoms with E-state index >= 15 is 0 Å². The Morgan fingerprint density at radius 3 is 2.65 bits per heavy atom. The molecule has 3 rings (SSSR count). The summed E-state index contributed by atoms with van der Waals surface area (Å²) in [6.45, 7) is 9.19. The van der Waals surface area contributed by atoms with Crippen LogP contribution < -0.4 is 10.2 Å². The number of halogens is 1. The first-order valence-electron chi connectivity index (χ1n) is 9.83. The summed E-state index contributed by atoms with van der Waals surface area (Å²) in [4.78, 5) is 19.1. The first-order valence-corrected chi connectivity index (χ1v) is 9.83. The number of carbonyl (C=O) groups excluding carboxylic acids is 1. The number of likely N-dealkylation sites (tertiary alicyclic amines) is 1. The predicted octanol–water partition coefficient (Wildman–Crippen LogP) is 2.04. The maximum atomic E-state index is 14.7. The number of piperidine rings is 1. The largest absolute Gasteiger partial charge is 0.367 e. The van der Waals surface area contributed by atoms with Crippen molar-refractivity contribution in [2.75, 3.05) is 64.3 Å². The van der Waals surface area contributed by atoms with Gasteiger partial charge < -0.3 is 20.0 Å². The molecule has 5 nitrogen and oxygen atoms in total. The number of amides is 1. The van der Waals surface area contributed by atoms with E-state index in [0.717, 1.165) is 65.2 Å². The van der Waals surface area contributed by atoms with Crippen molar-refractivity contribution in [2.24, 2.45) is 5.92 Å². The molecule has 0 aliphatic carbocycles. The Balaban J connectivity index is 1.66. The van der Waals surface area contributed by atoms with Crippen molar-refractivity contribution in [3.05, 3.63) is 29.6 Å². The number of piperazine rings is 1. The number of likely N-dealkylation sites (N-methyl/N-ethyl adjacent to an activating group) is 1. The summed E-state index contributed by atoms with van der Waals surface area (Å²) in [6, 6.07) is 4.99. The SMILES string of the molecule is CCN1CCN(c2ccc(C(=O)N3CCCC(CNC)C3)cc2F)CC1. The van der Waals surface area contributed by atoms with Crippen LogP contribution in [0.2, 0.25) is 0 Å². The Kier molecular flexibility index (Phi) is 6.48. The zero-order valence-corrected chi connectivity index (χ0v) is 16.0. The van der Waals surface area contributed by atoms with Crippen LogP contribution in [0, 0.1) is 11.7 Å². The van der Waals surface area contributed by atoms with Gasteiger partial charge in [0.25, 0.3) is 5.91 Å². The highest BCUT2D eigenvalue weighted by molar-refractivity contribution is 5.94. The van der Waals surface area contributed by atoms with E-state index in [1.165, 1.54) is 6.07 Å². The van der Waals surface area contributed by atoms with Crippen LogP contribution in [0.5, 0.6) is 0 Å². The lowest BCUT2D eigenvalue weighted by Gasteiger charge is -2.36. The van der Waals surface area contributed by atoms with E-state index < -0.39 is 0 Å². The zero-order valence-electron chi connectivity index (χ0n) is 16.0. The molecule has 0 radical (unpaired) electrons. The minimum absolute atomic E-state index is 0.0490. The minimum atomic E-state index is -0.287. The average Bonchev–Trinajstić information content (AvgIpc) is 2.68. The van der Waals surface area contributed by atoms with E-state index in [9.17, 15) is 9.18 Å². The highest BCUT2D eigenvalue weighted by Crippen LogP contribution is 2.24. The molecule has 0 aromatic heterocycles. The standard InChI is InChI=1S/C20H31FN4O/c1-3-23-9-11-24(12-10-23)19-7-6-17(13-18(19)21)20(26)25-8-4-5-16(15-25)14-22-2/h6-7,13,16,22H,3-5,8-12,14-15H2,1-2H3. The first-order chi connectivity index (χ1) is 12.6. The first kappa shape index (κ1) is 19.1. The molecule has 0 saturated carbocycles. The Labute approximate surface area is 156 Å². The van der Waals surface area contributed by atoms with Crippen molar-refractivity contribution in [1.29, 1.82) is 0 Å². The van der Waals surface area contributed by atoms with Crippen molar-refractivity contribution in [1.82, 2.24) is 15.1 Å². The van der Waals surface area contributed by atoms with Crippen molar-refractivity contribution in [3.63, 3.8) is 0 Å². The molecule has 1 unspecified atom stereocenters. The van der Waals surface area contributed by atoms with Gasteiger partial charge in [0.15, 0.2) is 0 Å². The van der Waals surface area contributed by atoms with Crippen LogP contribution in [0.15, 0.2) is 18.2 Å². The van der Waals surface area contributed by atoms with E-state index in [1.54, 1.807) is 12.1 Å². The van der Waals surface area contributed by atoms with Crippen molar-refractivity contribution in [3.8, 4) is 0 Å². The summed E-state index contributed by atoms with van der Waals surface area (Å²) in [5, 5.41) is 3.19. The number of nitrogens with zero attached hydrogens (tertiary/aromatic N) is 3. The molecule has 1 amide bonds. The third kappa shape index (κ3) is 4.35. The van der Waals surface area contributed by atoms with Gasteiger partial charge in [0.1, 0.15) is 5.82 Å². The second-order valence-corrected chi connectivity index (χ2v) is 7.40. The number of anilines is 1. The summed E-state index contributed by atoms with van der Waals surface area (Å²) in [7, 11) is 1.94. The zero-order chi connectivity index (χ0) is 18.5. The molecule has 1 atom stereocenters. The molecule has 0 spiro atoms. The number of carbonyl (C=O) groups is 1. The Hall–Kier alpha value is -1.66. The second-order valence-electron chi connectivity index (χ2n) is 7.40. The highest BCUT2D eigenvalue weighted by Gasteiger charge is 2.25. The maximum Gasteiger partial charge on any atom is 0.253 e. The van der Waals surface area contributed by atoms with Crippen LogP contribution >= 0.6 is 0 Å². The Morgan fingerprint density at radius 1 is 1.23 bits per heavy atom. The van der Waals surface area contributed by atoms with Crippen LogP contribution in [0.4, 0.5) is 10.1 Å². The lowest BCUT2D eigenvalue weighted by molar-refractivity contribution is 0.0674. The minimum Gasteiger partial charge on any atom is -0.367 e. The van der Waals surface area contributed by atoms with Crippen LogP contribution in [0.3, 0.4) is 0 Å². The number of nitrogens with one attached hydrogen (secondary N) is 1. The van der Waals surface area contributed by atoms with Crippen molar-refractivity contribution in [2.45, 2.75) is 19.8 Å². The second kappa shape index (κ2) is 8.82. The Morgan fingerprint density at radius 2 is 2.00 bits per heavy atom. The quantitative estimate of drug-likeness (QED) is 0.870. The van der Waals surface area contributed by atoms with E-state index in [4.69, 9.17) is 0 Å². The van der Waals surface area contributed by atoms with E-state index in [1.807, 2.05) is 11.9 Å². The molecular weight excluding hydrogens is 331 g/mol. The molecule has 1 aromatic carbocycles. The molecular formula is C20H31FN4O. The smallest absolute Gasteiger partial charge is 0.253 e. The number of benzene rings is 1. The van der Waals surface area contributed by atoms with Crippen LogP contribution in [-0.4, -0.2) is 75.1 Å². The van der Waals surface area contributed by atoms with Crippen LogP contribution in [-0.2, 0) is 0 Å². The lowest BCUT2D eigenvalue weighted by atomic mass is 9.97. The van der Waals surface area contributed by atoms with Gasteiger partial charge in [-0.15, -0.1) is 0 Å². The molecule has 6 heteroatoms. The van der Waals surface area contributed by atoms with Crippen molar-refractivity contribution >= 4 is 11.6 Å². The molecule has 2 aliphatic heterocycles. The molecule has 2 heterocycles. The lowest BCUT2D eigenvalue weighted by Crippen LogP contribution is -2.46. The third-order valence-corrected chi connectivity index (χ3v) is 5.65. The molecule has 0 bridgehead atoms. The number of hydrogen-bond donors (Lipinski definition) is 1. The summed E-state index contributed by atoms with van der Waals surface area (Å²) in [5.74, 6) is 0.147. The normalized spacial score (nSPS) is 21.9. The van der Waals surface area contributed by atoms with Gasteiger partial charge >= 0.3 is 0 Å². The van der Waals surface area contributed by atoms with Gasteiger partial charge in [-0.2, -0.15) is 0 Å². The maximum absolute atomic E-state index is 14.7. The fourth-order valence-corrected chi connectivity index (χ4v) is 4.09. The molecule has 2 saturated heterocycles. The molecule has 1 aromatic rings. The molecule has 2 fully saturated rings.